The SMILES string of the molecule is Cc1cc(C)cc(Oc2c(C)cc(C)c3c2Oc2c(C)cc4oc5c(Oc6cc(C)cc(C)c6)c(C)cc(C)c5c4c2O3)c1. The second-order valence-electron chi connectivity index (χ2n) is 12.4. The summed E-state index contributed by atoms with van der Waals surface area (Å²) in [5.74, 6) is 5.40. The molecule has 222 valence electrons. The first-order valence-corrected chi connectivity index (χ1v) is 15.0. The summed E-state index contributed by atoms with van der Waals surface area (Å²) in [6.07, 6.45) is 0. The first kappa shape index (κ1) is 27.9. The third-order valence-corrected chi connectivity index (χ3v) is 8.27. The molecule has 0 atom stereocenters. The van der Waals surface area contributed by atoms with Crippen molar-refractivity contribution in [2.24, 2.45) is 0 Å². The van der Waals surface area contributed by atoms with Crippen molar-refractivity contribution in [1.29, 1.82) is 0 Å². The van der Waals surface area contributed by atoms with E-state index >= 15 is 0 Å². The standard InChI is InChI=1S/C39H36O5/c1-19-10-20(2)13-28(12-19)40-33-24(6)16-23(5)31-32-30(42-37(31)33)18-27(9)34-38(32)43-36-26(8)17-25(7)35(39(36)44-34)41-29-14-21(3)11-22(4)15-29/h10-18H,1-9H3. The lowest BCUT2D eigenvalue weighted by atomic mass is 10.0. The van der Waals surface area contributed by atoms with Crippen LogP contribution in [0, 0.1) is 62.3 Å². The largest absolute Gasteiger partial charge is 0.453 e. The number of hydrogen-bond acceptors (Lipinski definition) is 5. The highest BCUT2D eigenvalue weighted by Gasteiger charge is 2.32. The van der Waals surface area contributed by atoms with Gasteiger partial charge in [-0.2, -0.15) is 0 Å². The van der Waals surface area contributed by atoms with Gasteiger partial charge in [-0.1, -0.05) is 18.2 Å². The Morgan fingerprint density at radius 1 is 0.409 bits per heavy atom. The van der Waals surface area contributed by atoms with Gasteiger partial charge in [-0.15, -0.1) is 0 Å². The van der Waals surface area contributed by atoms with Crippen LogP contribution in [0.25, 0.3) is 21.9 Å². The van der Waals surface area contributed by atoms with Crippen LogP contribution in [0.3, 0.4) is 0 Å². The Bertz CT molecular complexity index is 2120. The Morgan fingerprint density at radius 3 is 1.50 bits per heavy atom. The molecule has 0 amide bonds. The van der Waals surface area contributed by atoms with Gasteiger partial charge in [0.1, 0.15) is 17.1 Å². The second kappa shape index (κ2) is 10.1. The third-order valence-electron chi connectivity index (χ3n) is 8.27. The number of fused-ring (bicyclic) bond motifs is 6. The molecule has 7 rings (SSSR count). The van der Waals surface area contributed by atoms with Crippen LogP contribution in [-0.2, 0) is 0 Å². The molecule has 0 saturated heterocycles. The highest BCUT2D eigenvalue weighted by Crippen LogP contribution is 2.58. The van der Waals surface area contributed by atoms with E-state index in [2.05, 4.69) is 65.8 Å². The maximum atomic E-state index is 6.82. The summed E-state index contributed by atoms with van der Waals surface area (Å²) < 4.78 is 33.2. The number of benzene rings is 5. The summed E-state index contributed by atoms with van der Waals surface area (Å²) in [7, 11) is 0. The van der Waals surface area contributed by atoms with E-state index in [0.717, 1.165) is 77.9 Å². The fraction of sp³-hybridized carbons (Fsp3) is 0.231. The molecule has 0 N–H and O–H groups in total. The lowest BCUT2D eigenvalue weighted by Crippen LogP contribution is -2.05. The highest BCUT2D eigenvalue weighted by molar-refractivity contribution is 6.13. The molecule has 0 aliphatic carbocycles. The molecule has 5 nitrogen and oxygen atoms in total. The quantitative estimate of drug-likeness (QED) is 0.206. The molecule has 0 fully saturated rings. The van der Waals surface area contributed by atoms with Crippen molar-refractivity contribution in [3.8, 4) is 46.0 Å². The van der Waals surface area contributed by atoms with Crippen molar-refractivity contribution in [2.75, 3.05) is 0 Å². The van der Waals surface area contributed by atoms with Crippen molar-refractivity contribution in [2.45, 2.75) is 62.3 Å². The molecule has 1 aromatic heterocycles. The Morgan fingerprint density at radius 2 is 0.886 bits per heavy atom. The minimum Gasteiger partial charge on any atom is -0.453 e. The molecule has 2 heterocycles. The summed E-state index contributed by atoms with van der Waals surface area (Å²) in [5.41, 5.74) is 10.9. The van der Waals surface area contributed by atoms with Crippen LogP contribution in [0.4, 0.5) is 0 Å². The first-order valence-electron chi connectivity index (χ1n) is 15.0. The summed E-state index contributed by atoms with van der Waals surface area (Å²) in [5, 5.41) is 1.82. The minimum absolute atomic E-state index is 0.579. The van der Waals surface area contributed by atoms with Crippen LogP contribution in [0.5, 0.6) is 46.0 Å². The monoisotopic (exact) mass is 584 g/mol. The van der Waals surface area contributed by atoms with Gasteiger partial charge in [0.15, 0.2) is 34.3 Å². The van der Waals surface area contributed by atoms with Crippen LogP contribution in [0.2, 0.25) is 0 Å². The van der Waals surface area contributed by atoms with Gasteiger partial charge in [0.2, 0.25) is 5.75 Å². The predicted octanol–water partition coefficient (Wildman–Crippen LogP) is 11.8. The number of rotatable bonds is 4. The molecule has 44 heavy (non-hydrogen) atoms. The third kappa shape index (κ3) is 4.55. The zero-order valence-corrected chi connectivity index (χ0v) is 26.7. The summed E-state index contributed by atoms with van der Waals surface area (Å²) in [6.45, 7) is 18.5. The molecule has 5 aromatic carbocycles. The van der Waals surface area contributed by atoms with Gasteiger partial charge in [-0.3, -0.25) is 0 Å². The van der Waals surface area contributed by atoms with Gasteiger partial charge >= 0.3 is 0 Å². The zero-order valence-electron chi connectivity index (χ0n) is 26.7. The van der Waals surface area contributed by atoms with Crippen molar-refractivity contribution >= 4 is 21.9 Å². The van der Waals surface area contributed by atoms with Crippen molar-refractivity contribution < 1.29 is 23.4 Å². The predicted molar refractivity (Wildman–Crippen MR) is 176 cm³/mol. The maximum Gasteiger partial charge on any atom is 0.213 e. The van der Waals surface area contributed by atoms with E-state index in [1.54, 1.807) is 0 Å². The second-order valence-corrected chi connectivity index (χ2v) is 12.4. The van der Waals surface area contributed by atoms with Gasteiger partial charge in [0, 0.05) is 5.39 Å². The molecule has 6 aromatic rings. The van der Waals surface area contributed by atoms with Crippen LogP contribution in [0.1, 0.15) is 50.1 Å². The molecule has 0 bridgehead atoms. The first-order chi connectivity index (χ1) is 21.0. The van der Waals surface area contributed by atoms with Crippen LogP contribution in [0.15, 0.2) is 59.0 Å². The van der Waals surface area contributed by atoms with Gasteiger partial charge in [0.05, 0.1) is 5.39 Å². The summed E-state index contributed by atoms with van der Waals surface area (Å²) in [6, 6.07) is 18.7. The van der Waals surface area contributed by atoms with Crippen molar-refractivity contribution in [3.05, 3.63) is 105 Å². The van der Waals surface area contributed by atoms with Crippen LogP contribution in [-0.4, -0.2) is 0 Å². The number of ether oxygens (including phenoxy) is 4. The zero-order chi connectivity index (χ0) is 31.0. The van der Waals surface area contributed by atoms with E-state index < -0.39 is 0 Å². The topological polar surface area (TPSA) is 50.1 Å². The molecule has 0 unspecified atom stereocenters. The van der Waals surface area contributed by atoms with Crippen molar-refractivity contribution in [3.63, 3.8) is 0 Å². The average molecular weight is 585 g/mol. The van der Waals surface area contributed by atoms with Crippen molar-refractivity contribution in [1.82, 2.24) is 0 Å². The molecular formula is C39H36O5. The molecule has 1 aliphatic heterocycles. The molecule has 0 saturated carbocycles. The van der Waals surface area contributed by atoms with Gasteiger partial charge in [0.25, 0.3) is 0 Å². The lowest BCUT2D eigenvalue weighted by molar-refractivity contribution is 0.339. The van der Waals surface area contributed by atoms with E-state index in [0.29, 0.717) is 40.1 Å². The van der Waals surface area contributed by atoms with Crippen LogP contribution < -0.4 is 18.9 Å². The fourth-order valence-electron chi connectivity index (χ4n) is 6.55. The molecular weight excluding hydrogens is 548 g/mol. The van der Waals surface area contributed by atoms with E-state index in [-0.39, 0.29) is 0 Å². The highest BCUT2D eigenvalue weighted by atomic mass is 16.6. The van der Waals surface area contributed by atoms with E-state index in [1.807, 2.05) is 51.1 Å². The van der Waals surface area contributed by atoms with Gasteiger partial charge < -0.3 is 23.4 Å². The van der Waals surface area contributed by atoms with E-state index in [4.69, 9.17) is 23.4 Å². The fourth-order valence-corrected chi connectivity index (χ4v) is 6.55. The van der Waals surface area contributed by atoms with E-state index in [1.165, 1.54) is 0 Å². The smallest absolute Gasteiger partial charge is 0.213 e. The average Bonchev–Trinajstić information content (AvgIpc) is 3.31. The number of hydrogen-bond donors (Lipinski definition) is 0. The van der Waals surface area contributed by atoms with Gasteiger partial charge in [-0.25, -0.2) is 0 Å². The molecule has 0 radical (unpaired) electrons. The molecule has 1 aliphatic rings. The van der Waals surface area contributed by atoms with Crippen LogP contribution >= 0.6 is 0 Å². The lowest BCUT2D eigenvalue weighted by Gasteiger charge is -2.27. The number of furan rings is 1. The van der Waals surface area contributed by atoms with Gasteiger partial charge in [-0.05, 0) is 149 Å². The molecule has 0 spiro atoms. The Hall–Kier alpha value is -4.90. The summed E-state index contributed by atoms with van der Waals surface area (Å²) >= 11 is 0. The van der Waals surface area contributed by atoms with E-state index in [9.17, 15) is 0 Å². The summed E-state index contributed by atoms with van der Waals surface area (Å²) in [4.78, 5) is 0. The Kier molecular flexibility index (Phi) is 6.40. The number of aryl methyl sites for hydroxylation is 9. The minimum atomic E-state index is 0.579. The molecule has 5 heteroatoms. The normalized spacial score (nSPS) is 12.1. The maximum absolute atomic E-state index is 6.82. The Balaban J connectivity index is 1.40. The Labute approximate surface area is 257 Å².